The van der Waals surface area contributed by atoms with Crippen LogP contribution in [0.5, 0.6) is 11.6 Å². The number of nitrogen functional groups attached to an aromatic ring is 1. The summed E-state index contributed by atoms with van der Waals surface area (Å²) in [4.78, 5) is 23.3. The Kier molecular flexibility index (Phi) is 6.91. The standard InChI is InChI=1S/C32H30F2N6O4/c1-18-11-28(44-30-23(33)3-2-4-24(30)34)36-14-27(18)40-31(35)22(13-37-40)29(41)26-12-21-20-7-9-39(16-32(42)8-10-43-17-32)15-19(20)5-6-25(21)38-26/h2-6,11-14,38,42H,7-10,15-17,35H2,1H3. The molecule has 10 nitrogen and oxygen atoms in total. The number of carbonyl (C=O) groups is 1. The number of pyridine rings is 1. The summed E-state index contributed by atoms with van der Waals surface area (Å²) in [5.41, 5.74) is 10.5. The number of nitrogens with zero attached hydrogens (tertiary/aromatic N) is 4. The lowest BCUT2D eigenvalue weighted by atomic mass is 9.94. The number of hydrogen-bond acceptors (Lipinski definition) is 8. The van der Waals surface area contributed by atoms with Crippen LogP contribution < -0.4 is 10.5 Å². The summed E-state index contributed by atoms with van der Waals surface area (Å²) in [5, 5.41) is 16.1. The van der Waals surface area contributed by atoms with Gasteiger partial charge >= 0.3 is 0 Å². The van der Waals surface area contributed by atoms with Crippen LogP contribution in [0.4, 0.5) is 14.6 Å². The minimum atomic E-state index is -0.845. The number of aryl methyl sites for hydroxylation is 1. The fourth-order valence-electron chi connectivity index (χ4n) is 6.09. The molecule has 2 aromatic carbocycles. The molecule has 12 heteroatoms. The number of benzene rings is 2. The van der Waals surface area contributed by atoms with Crippen molar-refractivity contribution in [2.45, 2.75) is 31.9 Å². The molecule has 4 N–H and O–H groups in total. The van der Waals surface area contributed by atoms with Crippen LogP contribution in [0.1, 0.15) is 39.2 Å². The molecular weight excluding hydrogens is 570 g/mol. The maximum absolute atomic E-state index is 14.0. The minimum absolute atomic E-state index is 0.00905. The quantitative estimate of drug-likeness (QED) is 0.234. The number of rotatable bonds is 7. The van der Waals surface area contributed by atoms with Gasteiger partial charge in [0.2, 0.25) is 17.4 Å². The van der Waals surface area contributed by atoms with Crippen LogP contribution in [0, 0.1) is 18.6 Å². The lowest BCUT2D eigenvalue weighted by molar-refractivity contribution is -0.00762. The number of halogens is 2. The third-order valence-electron chi connectivity index (χ3n) is 8.39. The molecule has 44 heavy (non-hydrogen) atoms. The van der Waals surface area contributed by atoms with Gasteiger partial charge in [0.1, 0.15) is 11.4 Å². The summed E-state index contributed by atoms with van der Waals surface area (Å²) in [6.45, 7) is 4.78. The highest BCUT2D eigenvalue weighted by Gasteiger charge is 2.35. The van der Waals surface area contributed by atoms with E-state index in [4.69, 9.17) is 15.2 Å². The second kappa shape index (κ2) is 10.8. The average molecular weight is 601 g/mol. The molecule has 226 valence electrons. The van der Waals surface area contributed by atoms with E-state index >= 15 is 0 Å². The second-order valence-corrected chi connectivity index (χ2v) is 11.5. The Morgan fingerprint density at radius 2 is 2.02 bits per heavy atom. The predicted molar refractivity (Wildman–Crippen MR) is 158 cm³/mol. The highest BCUT2D eigenvalue weighted by atomic mass is 19.1. The molecule has 0 amide bonds. The topological polar surface area (TPSA) is 132 Å². The zero-order chi connectivity index (χ0) is 30.6. The second-order valence-electron chi connectivity index (χ2n) is 11.5. The van der Waals surface area contributed by atoms with Crippen LogP contribution in [0.15, 0.2) is 54.9 Å². The molecule has 5 heterocycles. The summed E-state index contributed by atoms with van der Waals surface area (Å²) >= 11 is 0. The Hall–Kier alpha value is -4.65. The number of aromatic amines is 1. The molecule has 1 atom stereocenters. The zero-order valence-electron chi connectivity index (χ0n) is 23.9. The largest absolute Gasteiger partial charge is 0.433 e. The van der Waals surface area contributed by atoms with Gasteiger partial charge < -0.3 is 25.3 Å². The van der Waals surface area contributed by atoms with E-state index in [0.29, 0.717) is 49.7 Å². The van der Waals surface area contributed by atoms with Crippen molar-refractivity contribution in [2.24, 2.45) is 0 Å². The summed E-state index contributed by atoms with van der Waals surface area (Å²) in [6, 6.07) is 10.8. The molecule has 1 fully saturated rings. The Labute approximate surface area is 251 Å². The Bertz CT molecular complexity index is 1890. The predicted octanol–water partition coefficient (Wildman–Crippen LogP) is 4.45. The number of anilines is 1. The number of carbonyl (C=O) groups excluding carboxylic acids is 1. The minimum Gasteiger partial charge on any atom is -0.433 e. The maximum atomic E-state index is 14.0. The fraction of sp³-hybridized carbons (Fsp3) is 0.281. The molecule has 2 aliphatic heterocycles. The maximum Gasteiger partial charge on any atom is 0.219 e. The van der Waals surface area contributed by atoms with E-state index in [9.17, 15) is 18.7 Å². The first-order chi connectivity index (χ1) is 21.2. The van der Waals surface area contributed by atoms with Crippen molar-refractivity contribution >= 4 is 22.5 Å². The van der Waals surface area contributed by atoms with E-state index in [1.807, 2.05) is 12.1 Å². The number of aromatic nitrogens is 4. The molecule has 3 aromatic heterocycles. The first kappa shape index (κ1) is 28.1. The van der Waals surface area contributed by atoms with Gasteiger partial charge in [-0.2, -0.15) is 5.10 Å². The molecule has 0 spiro atoms. The van der Waals surface area contributed by atoms with Gasteiger partial charge in [-0.05, 0) is 54.3 Å². The zero-order valence-corrected chi connectivity index (χ0v) is 23.9. The van der Waals surface area contributed by atoms with Gasteiger partial charge in [-0.3, -0.25) is 9.69 Å². The van der Waals surface area contributed by atoms with Crippen molar-refractivity contribution < 1.29 is 28.2 Å². The van der Waals surface area contributed by atoms with Crippen LogP contribution in [-0.4, -0.2) is 67.4 Å². The van der Waals surface area contributed by atoms with Gasteiger partial charge in [0.25, 0.3) is 0 Å². The summed E-state index contributed by atoms with van der Waals surface area (Å²) in [6.07, 6.45) is 4.26. The molecule has 7 rings (SSSR count). The van der Waals surface area contributed by atoms with Gasteiger partial charge in [0.05, 0.1) is 35.9 Å². The fourth-order valence-corrected chi connectivity index (χ4v) is 6.09. The summed E-state index contributed by atoms with van der Waals surface area (Å²) < 4.78 is 40.2. The monoisotopic (exact) mass is 600 g/mol. The number of β-amino-alcohol motifs (C(OH)–C–C–N with tert-alkyl or cyclic N) is 1. The number of ether oxygens (including phenoxy) is 2. The number of hydrogen-bond donors (Lipinski definition) is 3. The lowest BCUT2D eigenvalue weighted by Crippen LogP contribution is -2.45. The van der Waals surface area contributed by atoms with E-state index in [1.165, 1.54) is 40.3 Å². The van der Waals surface area contributed by atoms with E-state index in [2.05, 4.69) is 26.0 Å². The molecule has 5 aromatic rings. The third-order valence-corrected chi connectivity index (χ3v) is 8.39. The SMILES string of the molecule is Cc1cc(Oc2c(F)cccc2F)ncc1-n1ncc(C(=O)c2cc3c4c(ccc3[nH]2)CN(CC2(O)CCOC2)CC4)c1N. The van der Waals surface area contributed by atoms with Gasteiger partial charge in [0.15, 0.2) is 11.6 Å². The normalized spacial score (nSPS) is 18.5. The van der Waals surface area contributed by atoms with Gasteiger partial charge in [-0.1, -0.05) is 12.1 Å². The van der Waals surface area contributed by atoms with Crippen molar-refractivity contribution in [2.75, 3.05) is 32.0 Å². The Morgan fingerprint density at radius 3 is 2.77 bits per heavy atom. The van der Waals surface area contributed by atoms with Crippen LogP contribution in [-0.2, 0) is 17.7 Å². The number of aliphatic hydroxyl groups is 1. The summed E-state index contributed by atoms with van der Waals surface area (Å²) in [7, 11) is 0. The highest BCUT2D eigenvalue weighted by molar-refractivity contribution is 6.12. The van der Waals surface area contributed by atoms with Crippen LogP contribution in [0.3, 0.4) is 0 Å². The number of nitrogens with two attached hydrogens (primary N) is 1. The van der Waals surface area contributed by atoms with E-state index in [0.717, 1.165) is 36.0 Å². The molecule has 0 saturated carbocycles. The van der Waals surface area contributed by atoms with Crippen molar-refractivity contribution in [3.8, 4) is 17.3 Å². The highest BCUT2D eigenvalue weighted by Crippen LogP contribution is 2.32. The van der Waals surface area contributed by atoms with Gasteiger partial charge in [0, 0.05) is 49.6 Å². The van der Waals surface area contributed by atoms with Crippen LogP contribution in [0.25, 0.3) is 16.6 Å². The number of H-pyrrole nitrogens is 1. The van der Waals surface area contributed by atoms with E-state index in [1.54, 1.807) is 6.92 Å². The smallest absolute Gasteiger partial charge is 0.219 e. The van der Waals surface area contributed by atoms with Gasteiger partial charge in [-0.25, -0.2) is 18.4 Å². The Morgan fingerprint density at radius 1 is 1.20 bits per heavy atom. The molecule has 1 unspecified atom stereocenters. The average Bonchev–Trinajstić information content (AvgIpc) is 3.73. The lowest BCUT2D eigenvalue weighted by Gasteiger charge is -2.34. The van der Waals surface area contributed by atoms with Crippen molar-refractivity contribution in [3.05, 3.63) is 94.4 Å². The third kappa shape index (κ3) is 5.00. The summed E-state index contributed by atoms with van der Waals surface area (Å²) in [5.74, 6) is -2.43. The first-order valence-corrected chi connectivity index (χ1v) is 14.3. The van der Waals surface area contributed by atoms with Crippen molar-refractivity contribution in [1.82, 2.24) is 24.6 Å². The molecule has 1 saturated heterocycles. The van der Waals surface area contributed by atoms with Crippen molar-refractivity contribution in [3.63, 3.8) is 0 Å². The molecular formula is C32H30F2N6O4. The first-order valence-electron chi connectivity index (χ1n) is 14.3. The molecule has 0 radical (unpaired) electrons. The van der Waals surface area contributed by atoms with E-state index < -0.39 is 23.0 Å². The molecule has 0 aliphatic carbocycles. The Balaban J connectivity index is 1.11. The van der Waals surface area contributed by atoms with Gasteiger partial charge in [-0.15, -0.1) is 0 Å². The number of fused-ring (bicyclic) bond motifs is 3. The van der Waals surface area contributed by atoms with Crippen LogP contribution >= 0.6 is 0 Å². The number of nitrogens with one attached hydrogen (secondary N) is 1. The number of para-hydroxylation sites is 1. The van der Waals surface area contributed by atoms with Crippen molar-refractivity contribution in [1.29, 1.82) is 0 Å². The molecule has 0 bridgehead atoms. The van der Waals surface area contributed by atoms with Crippen LogP contribution in [0.2, 0.25) is 0 Å². The number of ketones is 1. The van der Waals surface area contributed by atoms with E-state index in [-0.39, 0.29) is 23.0 Å². The molecule has 2 aliphatic rings.